The lowest BCUT2D eigenvalue weighted by molar-refractivity contribution is -0.132. The van der Waals surface area contributed by atoms with Crippen LogP contribution in [0.3, 0.4) is 0 Å². The Bertz CT molecular complexity index is 817. The second-order valence-electron chi connectivity index (χ2n) is 7.87. The maximum Gasteiger partial charge on any atom is 0.235 e. The molecule has 1 aromatic rings. The Labute approximate surface area is 162 Å². The van der Waals surface area contributed by atoms with Gasteiger partial charge in [0.15, 0.2) is 5.82 Å². The summed E-state index contributed by atoms with van der Waals surface area (Å²) in [5, 5.41) is 6.97. The van der Waals surface area contributed by atoms with Crippen molar-refractivity contribution in [2.24, 2.45) is 11.8 Å². The number of nitrogens with zero attached hydrogens (tertiary/aromatic N) is 3. The van der Waals surface area contributed by atoms with Crippen LogP contribution in [0.1, 0.15) is 5.76 Å². The van der Waals surface area contributed by atoms with Crippen LogP contribution in [0.4, 0.5) is 5.82 Å². The van der Waals surface area contributed by atoms with E-state index < -0.39 is 17.4 Å². The molecule has 9 nitrogen and oxygen atoms in total. The Morgan fingerprint density at radius 1 is 1.39 bits per heavy atom. The van der Waals surface area contributed by atoms with Gasteiger partial charge in [0.2, 0.25) is 11.8 Å². The number of aromatic nitrogens is 1. The first-order chi connectivity index (χ1) is 13.6. The van der Waals surface area contributed by atoms with E-state index >= 15 is 0 Å². The number of aryl methyl sites for hydroxylation is 1. The summed E-state index contributed by atoms with van der Waals surface area (Å²) >= 11 is 0. The highest BCUT2D eigenvalue weighted by molar-refractivity contribution is 6.02. The first-order valence-electron chi connectivity index (χ1n) is 9.77. The summed E-state index contributed by atoms with van der Waals surface area (Å²) in [6.45, 7) is 6.68. The highest BCUT2D eigenvalue weighted by Crippen LogP contribution is 2.52. The number of hydrogen-bond donors (Lipinski definition) is 1. The van der Waals surface area contributed by atoms with Gasteiger partial charge in [0.1, 0.15) is 11.4 Å². The van der Waals surface area contributed by atoms with E-state index in [9.17, 15) is 9.59 Å². The average Bonchev–Trinajstić information content (AvgIpc) is 3.44. The zero-order chi connectivity index (χ0) is 19.3. The van der Waals surface area contributed by atoms with Crippen molar-refractivity contribution < 1.29 is 23.6 Å². The van der Waals surface area contributed by atoms with Gasteiger partial charge in [-0.1, -0.05) is 17.3 Å². The predicted octanol–water partition coefficient (Wildman–Crippen LogP) is -0.282. The maximum atomic E-state index is 13.1. The van der Waals surface area contributed by atoms with Gasteiger partial charge < -0.3 is 19.3 Å². The molecule has 150 valence electrons. The summed E-state index contributed by atoms with van der Waals surface area (Å²) in [7, 11) is 0. The molecule has 1 aromatic heterocycles. The van der Waals surface area contributed by atoms with Crippen LogP contribution in [-0.4, -0.2) is 79.5 Å². The molecule has 4 atom stereocenters. The quantitative estimate of drug-likeness (QED) is 0.693. The molecule has 3 saturated heterocycles. The van der Waals surface area contributed by atoms with Crippen molar-refractivity contribution in [2.75, 3.05) is 50.8 Å². The number of nitrogens with one attached hydrogen (secondary N) is 1. The zero-order valence-corrected chi connectivity index (χ0v) is 15.8. The largest absolute Gasteiger partial charge is 0.379 e. The molecule has 28 heavy (non-hydrogen) atoms. The number of anilines is 1. The van der Waals surface area contributed by atoms with Crippen LogP contribution in [0.2, 0.25) is 0 Å². The highest BCUT2D eigenvalue weighted by atomic mass is 16.5. The molecule has 0 aliphatic carbocycles. The molecule has 0 radical (unpaired) electrons. The van der Waals surface area contributed by atoms with E-state index in [1.807, 2.05) is 12.2 Å². The van der Waals surface area contributed by atoms with Crippen molar-refractivity contribution >= 4 is 17.6 Å². The minimum Gasteiger partial charge on any atom is -0.379 e. The first-order valence-corrected chi connectivity index (χ1v) is 9.77. The Kier molecular flexibility index (Phi) is 4.26. The van der Waals surface area contributed by atoms with Crippen LogP contribution < -0.4 is 10.2 Å². The lowest BCUT2D eigenvalue weighted by atomic mass is 9.77. The van der Waals surface area contributed by atoms with E-state index in [1.54, 1.807) is 17.9 Å². The second kappa shape index (κ2) is 6.68. The topological polar surface area (TPSA) is 97.1 Å². The van der Waals surface area contributed by atoms with E-state index in [-0.39, 0.29) is 17.9 Å². The summed E-state index contributed by atoms with van der Waals surface area (Å²) in [5.74, 6) is -0.189. The molecule has 5 heterocycles. The van der Waals surface area contributed by atoms with E-state index in [1.165, 1.54) is 0 Å². The summed E-state index contributed by atoms with van der Waals surface area (Å²) < 4.78 is 16.6. The second-order valence-corrected chi connectivity index (χ2v) is 7.87. The van der Waals surface area contributed by atoms with Crippen LogP contribution in [0.15, 0.2) is 22.7 Å². The van der Waals surface area contributed by atoms with E-state index in [4.69, 9.17) is 14.0 Å². The standard InChI is InChI=1S/C19H24N4O5/c1-12-10-14(21-28-12)23-11-19-3-2-13(27-19)15(16(19)18(23)25)17(24)20-4-5-22-6-8-26-9-7-22/h2-3,10,13,15-16H,4-9,11H2,1H3,(H,20,24)/t13-,15-,16+,19+/m0/s1. The van der Waals surface area contributed by atoms with Crippen molar-refractivity contribution in [2.45, 2.75) is 18.6 Å². The lowest BCUT2D eigenvalue weighted by Crippen LogP contribution is -2.46. The third-order valence-corrected chi connectivity index (χ3v) is 6.13. The Balaban J connectivity index is 1.27. The van der Waals surface area contributed by atoms with Crippen LogP contribution in [0.25, 0.3) is 0 Å². The molecule has 1 spiro atoms. The molecule has 2 bridgehead atoms. The summed E-state index contributed by atoms with van der Waals surface area (Å²) in [6.07, 6.45) is 3.50. The molecule has 5 rings (SSSR count). The number of carbonyl (C=O) groups excluding carboxylic acids is 2. The molecule has 9 heteroatoms. The van der Waals surface area contributed by atoms with E-state index in [2.05, 4.69) is 15.4 Å². The number of carbonyl (C=O) groups is 2. The number of ether oxygens (including phenoxy) is 2. The molecule has 2 amide bonds. The summed E-state index contributed by atoms with van der Waals surface area (Å²) in [5.41, 5.74) is -0.749. The minimum absolute atomic E-state index is 0.124. The molecule has 3 fully saturated rings. The smallest absolute Gasteiger partial charge is 0.235 e. The summed E-state index contributed by atoms with van der Waals surface area (Å²) in [4.78, 5) is 29.9. The molecular weight excluding hydrogens is 364 g/mol. The molecule has 4 aliphatic rings. The molecule has 1 N–H and O–H groups in total. The normalized spacial score (nSPS) is 34.2. The van der Waals surface area contributed by atoms with Crippen molar-refractivity contribution in [3.8, 4) is 0 Å². The van der Waals surface area contributed by atoms with Crippen LogP contribution in [0, 0.1) is 18.8 Å². The third-order valence-electron chi connectivity index (χ3n) is 6.13. The van der Waals surface area contributed by atoms with Gasteiger partial charge in [0.05, 0.1) is 37.7 Å². The van der Waals surface area contributed by atoms with Gasteiger partial charge in [-0.3, -0.25) is 19.4 Å². The predicted molar refractivity (Wildman–Crippen MR) is 97.6 cm³/mol. The van der Waals surface area contributed by atoms with Gasteiger partial charge in [-0.2, -0.15) is 0 Å². The third kappa shape index (κ3) is 2.76. The maximum absolute atomic E-state index is 13.1. The molecule has 0 unspecified atom stereocenters. The number of amides is 2. The fraction of sp³-hybridized carbons (Fsp3) is 0.632. The number of rotatable bonds is 5. The molecule has 4 aliphatic heterocycles. The van der Waals surface area contributed by atoms with Crippen molar-refractivity contribution in [1.29, 1.82) is 0 Å². The Morgan fingerprint density at radius 3 is 2.96 bits per heavy atom. The van der Waals surface area contributed by atoms with Gasteiger partial charge in [-0.15, -0.1) is 0 Å². The van der Waals surface area contributed by atoms with E-state index in [0.717, 1.165) is 32.8 Å². The van der Waals surface area contributed by atoms with Gasteiger partial charge >= 0.3 is 0 Å². The monoisotopic (exact) mass is 388 g/mol. The van der Waals surface area contributed by atoms with Gasteiger partial charge in [0.25, 0.3) is 0 Å². The van der Waals surface area contributed by atoms with E-state index in [0.29, 0.717) is 24.7 Å². The van der Waals surface area contributed by atoms with Crippen LogP contribution >= 0.6 is 0 Å². The van der Waals surface area contributed by atoms with Crippen LogP contribution in [-0.2, 0) is 19.1 Å². The Hall–Kier alpha value is -2.23. The number of morpholine rings is 1. The SMILES string of the molecule is Cc1cc(N2C[C@@]34C=C[C@H](O3)[C@H](C(=O)NCCN3CCOCC3)[C@@H]4C2=O)no1. The van der Waals surface area contributed by atoms with Crippen molar-refractivity contribution in [3.63, 3.8) is 0 Å². The van der Waals surface area contributed by atoms with Gasteiger partial charge in [0, 0.05) is 32.2 Å². The summed E-state index contributed by atoms with van der Waals surface area (Å²) in [6, 6.07) is 1.73. The number of hydrogen-bond acceptors (Lipinski definition) is 7. The van der Waals surface area contributed by atoms with Crippen LogP contribution in [0.5, 0.6) is 0 Å². The molecular formula is C19H24N4O5. The number of fused-ring (bicyclic) bond motifs is 1. The average molecular weight is 388 g/mol. The highest BCUT2D eigenvalue weighted by Gasteiger charge is 2.67. The minimum atomic E-state index is -0.749. The first kappa shape index (κ1) is 17.8. The van der Waals surface area contributed by atoms with Crippen molar-refractivity contribution in [3.05, 3.63) is 24.0 Å². The van der Waals surface area contributed by atoms with Gasteiger partial charge in [-0.25, -0.2) is 0 Å². The fourth-order valence-electron chi connectivity index (χ4n) is 4.75. The fourth-order valence-corrected chi connectivity index (χ4v) is 4.75. The molecule has 0 saturated carbocycles. The zero-order valence-electron chi connectivity index (χ0n) is 15.8. The van der Waals surface area contributed by atoms with Crippen molar-refractivity contribution in [1.82, 2.24) is 15.4 Å². The molecule has 0 aromatic carbocycles. The van der Waals surface area contributed by atoms with Gasteiger partial charge in [-0.05, 0) is 6.92 Å². The Morgan fingerprint density at radius 2 is 2.21 bits per heavy atom. The lowest BCUT2D eigenvalue weighted by Gasteiger charge is -2.27.